The van der Waals surface area contributed by atoms with Crippen LogP contribution in [-0.2, 0) is 14.9 Å². The average molecular weight is 251 g/mol. The second kappa shape index (κ2) is 7.62. The minimum absolute atomic E-state index is 0.0320. The monoisotopic (exact) mass is 251 g/mol. The van der Waals surface area contributed by atoms with Crippen molar-refractivity contribution in [1.29, 1.82) is 0 Å². The lowest BCUT2D eigenvalue weighted by molar-refractivity contribution is -0.124. The van der Waals surface area contributed by atoms with Gasteiger partial charge in [-0.2, -0.15) is 8.42 Å². The Balaban J connectivity index is 3.71. The van der Waals surface area contributed by atoms with Crippen molar-refractivity contribution in [2.24, 2.45) is 5.92 Å². The molecule has 2 N–H and O–H groups in total. The molecule has 0 aliphatic heterocycles. The standard InChI is InChI=1S/C10H21NO4S/c1-3-4-5-6-9(2)10(12)11-7-8-16(13,14)15/h9H,3-8H2,1-2H3,(H,11,12)(H,13,14,15). The van der Waals surface area contributed by atoms with Crippen LogP contribution in [-0.4, -0.2) is 31.2 Å². The van der Waals surface area contributed by atoms with Crippen molar-refractivity contribution in [1.82, 2.24) is 5.32 Å². The summed E-state index contributed by atoms with van der Waals surface area (Å²) in [5.74, 6) is -0.687. The first-order chi connectivity index (χ1) is 7.37. The van der Waals surface area contributed by atoms with Gasteiger partial charge in [0.1, 0.15) is 0 Å². The highest BCUT2D eigenvalue weighted by atomic mass is 32.2. The molecule has 0 radical (unpaired) electrons. The first-order valence-electron chi connectivity index (χ1n) is 5.59. The quantitative estimate of drug-likeness (QED) is 0.501. The third-order valence-electron chi connectivity index (χ3n) is 2.35. The summed E-state index contributed by atoms with van der Waals surface area (Å²) in [7, 11) is -3.98. The highest BCUT2D eigenvalue weighted by Gasteiger charge is 2.12. The molecule has 5 nitrogen and oxygen atoms in total. The molecular formula is C10H21NO4S. The predicted octanol–water partition coefficient (Wildman–Crippen LogP) is 1.21. The fraction of sp³-hybridized carbons (Fsp3) is 0.900. The smallest absolute Gasteiger partial charge is 0.266 e. The van der Waals surface area contributed by atoms with Crippen LogP contribution in [0.2, 0.25) is 0 Å². The molecular weight excluding hydrogens is 230 g/mol. The van der Waals surface area contributed by atoms with Crippen LogP contribution >= 0.6 is 0 Å². The molecule has 0 aromatic carbocycles. The molecule has 1 unspecified atom stereocenters. The highest BCUT2D eigenvalue weighted by Crippen LogP contribution is 2.08. The maximum absolute atomic E-state index is 11.4. The number of carbonyl (C=O) groups is 1. The van der Waals surface area contributed by atoms with E-state index in [-0.39, 0.29) is 18.4 Å². The lowest BCUT2D eigenvalue weighted by Gasteiger charge is -2.11. The number of nitrogens with one attached hydrogen (secondary N) is 1. The van der Waals surface area contributed by atoms with Gasteiger partial charge in [-0.1, -0.05) is 33.1 Å². The molecule has 0 aromatic heterocycles. The van der Waals surface area contributed by atoms with Crippen molar-refractivity contribution >= 4 is 16.0 Å². The van der Waals surface area contributed by atoms with Crippen LogP contribution in [0.5, 0.6) is 0 Å². The molecule has 96 valence electrons. The van der Waals surface area contributed by atoms with Crippen LogP contribution in [0, 0.1) is 5.92 Å². The van der Waals surface area contributed by atoms with Crippen molar-refractivity contribution in [2.45, 2.75) is 39.5 Å². The summed E-state index contributed by atoms with van der Waals surface area (Å²) in [6.45, 7) is 3.88. The van der Waals surface area contributed by atoms with Crippen LogP contribution in [0.25, 0.3) is 0 Å². The zero-order chi connectivity index (χ0) is 12.6. The summed E-state index contributed by atoms with van der Waals surface area (Å²) >= 11 is 0. The average Bonchev–Trinajstić information content (AvgIpc) is 2.15. The number of amides is 1. The molecule has 0 aliphatic rings. The maximum atomic E-state index is 11.4. The summed E-state index contributed by atoms with van der Waals surface area (Å²) in [5, 5.41) is 2.49. The zero-order valence-electron chi connectivity index (χ0n) is 9.90. The summed E-state index contributed by atoms with van der Waals surface area (Å²) in [6, 6.07) is 0. The van der Waals surface area contributed by atoms with Crippen molar-refractivity contribution in [2.75, 3.05) is 12.3 Å². The van der Waals surface area contributed by atoms with Gasteiger partial charge in [-0.25, -0.2) is 0 Å². The molecule has 0 bridgehead atoms. The molecule has 0 fully saturated rings. The van der Waals surface area contributed by atoms with E-state index in [4.69, 9.17) is 4.55 Å². The predicted molar refractivity (Wildman–Crippen MR) is 62.7 cm³/mol. The largest absolute Gasteiger partial charge is 0.355 e. The van der Waals surface area contributed by atoms with Gasteiger partial charge in [-0.15, -0.1) is 0 Å². The molecule has 0 rings (SSSR count). The first kappa shape index (κ1) is 15.4. The van der Waals surface area contributed by atoms with E-state index in [2.05, 4.69) is 12.2 Å². The second-order valence-corrected chi connectivity index (χ2v) is 5.55. The Labute approximate surface area is 97.4 Å². The van der Waals surface area contributed by atoms with Gasteiger partial charge in [0.25, 0.3) is 10.1 Å². The Kier molecular flexibility index (Phi) is 7.33. The van der Waals surface area contributed by atoms with Crippen LogP contribution < -0.4 is 5.32 Å². The maximum Gasteiger partial charge on any atom is 0.266 e. The van der Waals surface area contributed by atoms with E-state index in [1.54, 1.807) is 0 Å². The Hall–Kier alpha value is -0.620. The Morgan fingerprint density at radius 3 is 2.50 bits per heavy atom. The van der Waals surface area contributed by atoms with Crippen LogP contribution in [0.3, 0.4) is 0 Å². The normalized spacial score (nSPS) is 13.4. The van der Waals surface area contributed by atoms with Crippen molar-refractivity contribution in [3.05, 3.63) is 0 Å². The Morgan fingerprint density at radius 2 is 2.00 bits per heavy atom. The van der Waals surface area contributed by atoms with E-state index in [0.29, 0.717) is 0 Å². The van der Waals surface area contributed by atoms with E-state index in [0.717, 1.165) is 25.7 Å². The fourth-order valence-electron chi connectivity index (χ4n) is 1.31. The number of hydrogen-bond donors (Lipinski definition) is 2. The molecule has 1 amide bonds. The molecule has 16 heavy (non-hydrogen) atoms. The zero-order valence-corrected chi connectivity index (χ0v) is 10.7. The topological polar surface area (TPSA) is 83.5 Å². The summed E-state index contributed by atoms with van der Waals surface area (Å²) in [6.07, 6.45) is 4.02. The fourth-order valence-corrected chi connectivity index (χ4v) is 1.67. The molecule has 0 spiro atoms. The van der Waals surface area contributed by atoms with Crippen LogP contribution in [0.1, 0.15) is 39.5 Å². The minimum Gasteiger partial charge on any atom is -0.355 e. The van der Waals surface area contributed by atoms with Crippen LogP contribution in [0.15, 0.2) is 0 Å². The lowest BCUT2D eigenvalue weighted by atomic mass is 10.0. The van der Waals surface area contributed by atoms with E-state index in [1.807, 2.05) is 6.92 Å². The Morgan fingerprint density at radius 1 is 1.38 bits per heavy atom. The number of hydrogen-bond acceptors (Lipinski definition) is 3. The van der Waals surface area contributed by atoms with Gasteiger partial charge in [0.05, 0.1) is 5.75 Å². The van der Waals surface area contributed by atoms with E-state index in [1.165, 1.54) is 0 Å². The molecule has 0 aromatic rings. The van der Waals surface area contributed by atoms with Gasteiger partial charge in [0.2, 0.25) is 5.91 Å². The molecule has 0 saturated carbocycles. The lowest BCUT2D eigenvalue weighted by Crippen LogP contribution is -2.33. The SMILES string of the molecule is CCCCCC(C)C(=O)NCCS(=O)(=O)O. The third kappa shape index (κ3) is 8.67. The van der Waals surface area contributed by atoms with Crippen LogP contribution in [0.4, 0.5) is 0 Å². The summed E-state index contributed by atoms with van der Waals surface area (Å²) in [5.41, 5.74) is 0. The second-order valence-electron chi connectivity index (χ2n) is 3.97. The van der Waals surface area contributed by atoms with E-state index >= 15 is 0 Å². The third-order valence-corrected chi connectivity index (χ3v) is 3.07. The van der Waals surface area contributed by atoms with Gasteiger partial charge in [0.15, 0.2) is 0 Å². The number of rotatable bonds is 8. The summed E-state index contributed by atoms with van der Waals surface area (Å²) in [4.78, 5) is 11.4. The first-order valence-corrected chi connectivity index (χ1v) is 7.20. The highest BCUT2D eigenvalue weighted by molar-refractivity contribution is 7.85. The van der Waals surface area contributed by atoms with E-state index < -0.39 is 15.9 Å². The minimum atomic E-state index is -3.98. The van der Waals surface area contributed by atoms with Gasteiger partial charge in [0, 0.05) is 12.5 Å². The molecule has 0 heterocycles. The van der Waals surface area contributed by atoms with Gasteiger partial charge < -0.3 is 5.32 Å². The number of carbonyl (C=O) groups excluding carboxylic acids is 1. The Bertz CT molecular complexity index is 300. The molecule has 1 atom stereocenters. The summed E-state index contributed by atoms with van der Waals surface area (Å²) < 4.78 is 29.3. The van der Waals surface area contributed by atoms with Gasteiger partial charge in [-0.3, -0.25) is 9.35 Å². The van der Waals surface area contributed by atoms with Gasteiger partial charge >= 0.3 is 0 Å². The molecule has 0 saturated heterocycles. The van der Waals surface area contributed by atoms with Gasteiger partial charge in [-0.05, 0) is 6.42 Å². The van der Waals surface area contributed by atoms with E-state index in [9.17, 15) is 13.2 Å². The number of unbranched alkanes of at least 4 members (excludes halogenated alkanes) is 2. The van der Waals surface area contributed by atoms with Crippen molar-refractivity contribution in [3.63, 3.8) is 0 Å². The molecule has 6 heteroatoms. The van der Waals surface area contributed by atoms with Crippen molar-refractivity contribution < 1.29 is 17.8 Å². The van der Waals surface area contributed by atoms with Crippen molar-refractivity contribution in [3.8, 4) is 0 Å². The molecule has 0 aliphatic carbocycles.